The number of rotatable bonds is 0. The third kappa shape index (κ3) is 0.798. The van der Waals surface area contributed by atoms with E-state index in [0.717, 1.165) is 6.61 Å². The van der Waals surface area contributed by atoms with Gasteiger partial charge in [0.15, 0.2) is 0 Å². The van der Waals surface area contributed by atoms with Gasteiger partial charge in [0.2, 0.25) is 0 Å². The zero-order valence-corrected chi connectivity index (χ0v) is 6.71. The van der Waals surface area contributed by atoms with Crippen molar-refractivity contribution in [3.8, 4) is 0 Å². The minimum Gasteiger partial charge on any atom is -0.372 e. The second kappa shape index (κ2) is 1.99. The zero-order chi connectivity index (χ0) is 7.31. The van der Waals surface area contributed by atoms with Gasteiger partial charge in [0.1, 0.15) is 6.10 Å². The lowest BCUT2D eigenvalue weighted by molar-refractivity contribution is -0.0282. The van der Waals surface area contributed by atoms with Crippen molar-refractivity contribution in [3.05, 3.63) is 0 Å². The Hall–Kier alpha value is -0.0800. The average molecular weight is 154 g/mol. The molecule has 1 aliphatic carbocycles. The van der Waals surface area contributed by atoms with E-state index in [1.807, 2.05) is 0 Å². The van der Waals surface area contributed by atoms with Gasteiger partial charge in [-0.2, -0.15) is 0 Å². The van der Waals surface area contributed by atoms with Crippen LogP contribution in [0, 0.1) is 0 Å². The Balaban J connectivity index is 1.84. The highest BCUT2D eigenvalue weighted by molar-refractivity contribution is 5.07. The van der Waals surface area contributed by atoms with Crippen molar-refractivity contribution in [3.63, 3.8) is 0 Å². The smallest absolute Gasteiger partial charge is 0.113 e. The molecule has 1 spiro atoms. The Morgan fingerprint density at radius 3 is 2.91 bits per heavy atom. The molecule has 3 unspecified atom stereocenters. The van der Waals surface area contributed by atoms with E-state index in [0.29, 0.717) is 12.2 Å². The van der Waals surface area contributed by atoms with E-state index in [1.165, 1.54) is 32.1 Å². The second-order valence-electron chi connectivity index (χ2n) is 4.00. The van der Waals surface area contributed by atoms with Gasteiger partial charge in [-0.05, 0) is 32.1 Å². The molecule has 3 atom stereocenters. The highest BCUT2D eigenvalue weighted by atomic mass is 16.6. The Bertz CT molecular complexity index is 172. The fourth-order valence-corrected chi connectivity index (χ4v) is 2.71. The van der Waals surface area contributed by atoms with Crippen LogP contribution in [0.5, 0.6) is 0 Å². The summed E-state index contributed by atoms with van der Waals surface area (Å²) in [6.45, 7) is 0.965. The molecule has 0 aromatic carbocycles. The maximum atomic E-state index is 5.81. The zero-order valence-electron chi connectivity index (χ0n) is 6.71. The normalized spacial score (nSPS) is 54.5. The van der Waals surface area contributed by atoms with E-state index in [9.17, 15) is 0 Å². The van der Waals surface area contributed by atoms with Crippen molar-refractivity contribution in [1.29, 1.82) is 0 Å². The molecule has 3 rings (SSSR count). The van der Waals surface area contributed by atoms with Gasteiger partial charge in [-0.3, -0.25) is 0 Å². The average Bonchev–Trinajstić information content (AvgIpc) is 2.68. The third-order valence-electron chi connectivity index (χ3n) is 3.32. The minimum atomic E-state index is 0.183. The minimum absolute atomic E-state index is 0.183. The number of fused-ring (bicyclic) bond motifs is 2. The number of hydrogen-bond acceptors (Lipinski definition) is 2. The lowest BCUT2D eigenvalue weighted by Gasteiger charge is -2.29. The predicted molar refractivity (Wildman–Crippen MR) is 40.4 cm³/mol. The van der Waals surface area contributed by atoms with Crippen LogP contribution in [0.4, 0.5) is 0 Å². The molecule has 2 nitrogen and oxygen atoms in total. The van der Waals surface area contributed by atoms with Gasteiger partial charge < -0.3 is 9.47 Å². The van der Waals surface area contributed by atoms with Crippen molar-refractivity contribution in [2.45, 2.75) is 49.9 Å². The lowest BCUT2D eigenvalue weighted by atomic mass is 9.83. The summed E-state index contributed by atoms with van der Waals surface area (Å²) in [4.78, 5) is 0. The highest BCUT2D eigenvalue weighted by Crippen LogP contribution is 2.49. The van der Waals surface area contributed by atoms with Crippen LogP contribution in [-0.4, -0.2) is 24.4 Å². The van der Waals surface area contributed by atoms with Gasteiger partial charge in [-0.15, -0.1) is 0 Å². The van der Waals surface area contributed by atoms with Gasteiger partial charge in [0.25, 0.3) is 0 Å². The van der Waals surface area contributed by atoms with Crippen molar-refractivity contribution in [2.24, 2.45) is 0 Å². The summed E-state index contributed by atoms with van der Waals surface area (Å²) < 4.78 is 11.4. The summed E-state index contributed by atoms with van der Waals surface area (Å²) >= 11 is 0. The van der Waals surface area contributed by atoms with Crippen molar-refractivity contribution < 1.29 is 9.47 Å². The first kappa shape index (κ1) is 6.44. The monoisotopic (exact) mass is 154 g/mol. The van der Waals surface area contributed by atoms with Crippen LogP contribution in [0.3, 0.4) is 0 Å². The van der Waals surface area contributed by atoms with Gasteiger partial charge in [-0.25, -0.2) is 0 Å². The molecule has 62 valence electrons. The molecule has 11 heavy (non-hydrogen) atoms. The molecule has 3 fully saturated rings. The Labute approximate surface area is 66.9 Å². The molecule has 0 N–H and O–H groups in total. The summed E-state index contributed by atoms with van der Waals surface area (Å²) in [5, 5.41) is 0. The van der Waals surface area contributed by atoms with Crippen LogP contribution in [0.1, 0.15) is 32.1 Å². The van der Waals surface area contributed by atoms with Crippen molar-refractivity contribution >= 4 is 0 Å². The summed E-state index contributed by atoms with van der Waals surface area (Å²) in [5.41, 5.74) is 0.183. The van der Waals surface area contributed by atoms with Gasteiger partial charge >= 0.3 is 0 Å². The molecule has 0 bridgehead atoms. The molecule has 2 aliphatic heterocycles. The summed E-state index contributed by atoms with van der Waals surface area (Å²) in [5.74, 6) is 0. The SMILES string of the molecule is C1COC2(C1)CCCC1OC12. The maximum Gasteiger partial charge on any atom is 0.113 e. The fourth-order valence-electron chi connectivity index (χ4n) is 2.71. The van der Waals surface area contributed by atoms with Crippen LogP contribution in [0.2, 0.25) is 0 Å². The second-order valence-corrected chi connectivity index (χ2v) is 4.00. The predicted octanol–water partition coefficient (Wildman–Crippen LogP) is 1.49. The van der Waals surface area contributed by atoms with Crippen LogP contribution in [0.15, 0.2) is 0 Å². The molecule has 0 aromatic rings. The fraction of sp³-hybridized carbons (Fsp3) is 1.00. The maximum absolute atomic E-state index is 5.81. The molecule has 0 amide bonds. The van der Waals surface area contributed by atoms with Gasteiger partial charge in [0, 0.05) is 6.61 Å². The molecule has 2 heterocycles. The Kier molecular flexibility index (Phi) is 1.16. The van der Waals surface area contributed by atoms with Crippen LogP contribution in [0.25, 0.3) is 0 Å². The van der Waals surface area contributed by atoms with Gasteiger partial charge in [0.05, 0.1) is 11.7 Å². The largest absolute Gasteiger partial charge is 0.372 e. The third-order valence-corrected chi connectivity index (χ3v) is 3.32. The summed E-state index contributed by atoms with van der Waals surface area (Å²) in [7, 11) is 0. The first-order valence-electron chi connectivity index (χ1n) is 4.70. The van der Waals surface area contributed by atoms with E-state index in [2.05, 4.69) is 0 Å². The van der Waals surface area contributed by atoms with E-state index >= 15 is 0 Å². The molecule has 3 aliphatic rings. The molecule has 0 aromatic heterocycles. The Morgan fingerprint density at radius 1 is 1.18 bits per heavy atom. The number of ether oxygens (including phenoxy) is 2. The first-order chi connectivity index (χ1) is 5.41. The lowest BCUT2D eigenvalue weighted by Crippen LogP contribution is -2.38. The number of hydrogen-bond donors (Lipinski definition) is 0. The summed E-state index contributed by atoms with van der Waals surface area (Å²) in [6.07, 6.45) is 7.37. The van der Waals surface area contributed by atoms with Crippen LogP contribution < -0.4 is 0 Å². The standard InChI is InChI=1S/C9H14O2/c1-3-7-8(11-7)9(4-1)5-2-6-10-9/h7-8H,1-6H2. The molecule has 1 saturated carbocycles. The van der Waals surface area contributed by atoms with Gasteiger partial charge in [-0.1, -0.05) is 0 Å². The Morgan fingerprint density at radius 2 is 2.09 bits per heavy atom. The molecule has 2 saturated heterocycles. The van der Waals surface area contributed by atoms with Crippen LogP contribution >= 0.6 is 0 Å². The van der Waals surface area contributed by atoms with Crippen LogP contribution in [-0.2, 0) is 9.47 Å². The molecular weight excluding hydrogens is 140 g/mol. The quantitative estimate of drug-likeness (QED) is 0.493. The summed E-state index contributed by atoms with van der Waals surface area (Å²) in [6, 6.07) is 0. The topological polar surface area (TPSA) is 21.8 Å². The van der Waals surface area contributed by atoms with Crippen molar-refractivity contribution in [2.75, 3.05) is 6.61 Å². The van der Waals surface area contributed by atoms with E-state index < -0.39 is 0 Å². The van der Waals surface area contributed by atoms with E-state index in [1.54, 1.807) is 0 Å². The van der Waals surface area contributed by atoms with E-state index in [-0.39, 0.29) is 5.60 Å². The molecule has 2 heteroatoms. The highest BCUT2D eigenvalue weighted by Gasteiger charge is 2.58. The molecular formula is C9H14O2. The first-order valence-corrected chi connectivity index (χ1v) is 4.70. The number of epoxide rings is 1. The molecule has 0 radical (unpaired) electrons. The van der Waals surface area contributed by atoms with E-state index in [4.69, 9.17) is 9.47 Å². The van der Waals surface area contributed by atoms with Crippen molar-refractivity contribution in [1.82, 2.24) is 0 Å².